The molecule has 0 saturated carbocycles. The van der Waals surface area contributed by atoms with Gasteiger partial charge < -0.3 is 4.74 Å². The summed E-state index contributed by atoms with van der Waals surface area (Å²) >= 11 is 0. The largest absolute Gasteiger partial charge is 0.494 e. The van der Waals surface area contributed by atoms with Gasteiger partial charge in [0.05, 0.1) is 12.8 Å². The van der Waals surface area contributed by atoms with Crippen molar-refractivity contribution in [1.29, 1.82) is 0 Å². The summed E-state index contributed by atoms with van der Waals surface area (Å²) in [5, 5.41) is 2.92. The van der Waals surface area contributed by atoms with Crippen LogP contribution in [0.15, 0.2) is 47.8 Å². The molecular weight excluding hydrogens is 204 g/mol. The average Bonchev–Trinajstić information content (AvgIpc) is 2.39. The molecule has 4 nitrogen and oxygen atoms in total. The normalized spacial score (nSPS) is 9.81. The van der Waals surface area contributed by atoms with Gasteiger partial charge in [-0.05, 0) is 35.5 Å². The zero-order valence-electron chi connectivity index (χ0n) is 8.75. The molecule has 0 saturated heterocycles. The van der Waals surface area contributed by atoms with Gasteiger partial charge in [-0.2, -0.15) is 0 Å². The van der Waals surface area contributed by atoms with Gasteiger partial charge in [-0.25, -0.2) is 0 Å². The van der Waals surface area contributed by atoms with Crippen molar-refractivity contribution in [2.45, 2.75) is 0 Å². The van der Waals surface area contributed by atoms with Crippen molar-refractivity contribution >= 4 is 5.69 Å². The van der Waals surface area contributed by atoms with Crippen molar-refractivity contribution in [3.8, 4) is 17.0 Å². The quantitative estimate of drug-likeness (QED) is 0.737. The maximum Gasteiger partial charge on any atom is 0.150 e. The molecule has 2 rings (SSSR count). The highest BCUT2D eigenvalue weighted by Gasteiger charge is 2.06. The molecule has 0 aliphatic rings. The van der Waals surface area contributed by atoms with Crippen LogP contribution in [-0.2, 0) is 0 Å². The lowest BCUT2D eigenvalue weighted by molar-refractivity contribution is 0.416. The molecule has 0 amide bonds. The van der Waals surface area contributed by atoms with Crippen LogP contribution in [0.3, 0.4) is 0 Å². The van der Waals surface area contributed by atoms with Gasteiger partial charge in [0, 0.05) is 11.8 Å². The number of pyridine rings is 1. The van der Waals surface area contributed by atoms with E-state index < -0.39 is 0 Å². The number of aromatic nitrogens is 1. The van der Waals surface area contributed by atoms with Crippen LogP contribution in [0.2, 0.25) is 0 Å². The Morgan fingerprint density at radius 2 is 2.12 bits per heavy atom. The van der Waals surface area contributed by atoms with E-state index in [1.807, 2.05) is 24.3 Å². The molecule has 2 aromatic rings. The van der Waals surface area contributed by atoms with Crippen LogP contribution in [0.25, 0.3) is 11.3 Å². The van der Waals surface area contributed by atoms with Crippen LogP contribution in [0, 0.1) is 4.91 Å². The number of hydrogen-bond acceptors (Lipinski definition) is 4. The third-order valence-corrected chi connectivity index (χ3v) is 2.24. The van der Waals surface area contributed by atoms with Gasteiger partial charge in [-0.1, -0.05) is 6.07 Å². The molecule has 0 N–H and O–H groups in total. The first-order chi connectivity index (χ1) is 7.85. The molecule has 4 heteroatoms. The predicted molar refractivity (Wildman–Crippen MR) is 61.7 cm³/mol. The fourth-order valence-corrected chi connectivity index (χ4v) is 1.45. The fourth-order valence-electron chi connectivity index (χ4n) is 1.45. The summed E-state index contributed by atoms with van der Waals surface area (Å²) in [6.45, 7) is 0. The summed E-state index contributed by atoms with van der Waals surface area (Å²) in [6.07, 6.45) is 1.70. The third kappa shape index (κ3) is 1.91. The molecule has 0 spiro atoms. The van der Waals surface area contributed by atoms with Crippen LogP contribution in [0.4, 0.5) is 5.69 Å². The summed E-state index contributed by atoms with van der Waals surface area (Å²) in [4.78, 5) is 14.8. The minimum atomic E-state index is 0.283. The molecule has 1 aromatic carbocycles. The average molecular weight is 214 g/mol. The van der Waals surface area contributed by atoms with Crippen molar-refractivity contribution in [2.75, 3.05) is 7.11 Å². The lowest BCUT2D eigenvalue weighted by Crippen LogP contribution is -1.85. The highest BCUT2D eigenvalue weighted by molar-refractivity contribution is 5.67. The molecule has 0 radical (unpaired) electrons. The number of ether oxygens (including phenoxy) is 1. The lowest BCUT2D eigenvalue weighted by atomic mass is 10.1. The first kappa shape index (κ1) is 10.3. The number of rotatable bonds is 3. The Bertz CT molecular complexity index is 498. The van der Waals surface area contributed by atoms with Gasteiger partial charge >= 0.3 is 0 Å². The zero-order chi connectivity index (χ0) is 11.4. The van der Waals surface area contributed by atoms with Crippen LogP contribution in [0.5, 0.6) is 5.75 Å². The highest BCUT2D eigenvalue weighted by atomic mass is 16.5. The van der Waals surface area contributed by atoms with E-state index in [-0.39, 0.29) is 5.69 Å². The van der Waals surface area contributed by atoms with Crippen molar-refractivity contribution in [1.82, 2.24) is 4.98 Å². The Morgan fingerprint density at radius 1 is 1.25 bits per heavy atom. The second kappa shape index (κ2) is 4.53. The SMILES string of the molecule is COc1ccc(-c2ccccn2)cc1N=O. The van der Waals surface area contributed by atoms with Crippen molar-refractivity contribution in [2.24, 2.45) is 5.18 Å². The number of methoxy groups -OCH3 is 1. The van der Waals surface area contributed by atoms with E-state index >= 15 is 0 Å². The van der Waals surface area contributed by atoms with Crippen LogP contribution >= 0.6 is 0 Å². The maximum absolute atomic E-state index is 10.6. The Hall–Kier alpha value is -2.23. The van der Waals surface area contributed by atoms with Crippen molar-refractivity contribution in [3.63, 3.8) is 0 Å². The zero-order valence-corrected chi connectivity index (χ0v) is 8.75. The maximum atomic E-state index is 10.6. The molecule has 0 aliphatic heterocycles. The Morgan fingerprint density at radius 3 is 2.75 bits per heavy atom. The van der Waals surface area contributed by atoms with E-state index in [0.717, 1.165) is 11.3 Å². The van der Waals surface area contributed by atoms with E-state index in [4.69, 9.17) is 4.74 Å². The van der Waals surface area contributed by atoms with E-state index in [9.17, 15) is 4.91 Å². The standard InChI is InChI=1S/C12H10N2O2/c1-16-12-6-5-9(8-11(12)14-15)10-4-2-3-7-13-10/h2-8H,1H3. The smallest absolute Gasteiger partial charge is 0.150 e. The predicted octanol–water partition coefficient (Wildman–Crippen LogP) is 3.16. The minimum absolute atomic E-state index is 0.283. The Labute approximate surface area is 92.9 Å². The monoisotopic (exact) mass is 214 g/mol. The molecule has 0 aliphatic carbocycles. The molecule has 0 atom stereocenters. The number of nitrogens with zero attached hydrogens (tertiary/aromatic N) is 2. The molecule has 80 valence electrons. The lowest BCUT2D eigenvalue weighted by Gasteiger charge is -2.04. The van der Waals surface area contributed by atoms with Crippen LogP contribution in [-0.4, -0.2) is 12.1 Å². The highest BCUT2D eigenvalue weighted by Crippen LogP contribution is 2.31. The molecule has 0 unspecified atom stereocenters. The molecular formula is C12H10N2O2. The summed E-state index contributed by atoms with van der Waals surface area (Å²) in [6, 6.07) is 10.8. The molecule has 0 fully saturated rings. The first-order valence-corrected chi connectivity index (χ1v) is 4.78. The van der Waals surface area contributed by atoms with Crippen molar-refractivity contribution in [3.05, 3.63) is 47.5 Å². The number of nitroso groups, excluding NO2 is 1. The Balaban J connectivity index is 2.48. The van der Waals surface area contributed by atoms with Gasteiger partial charge in [-0.3, -0.25) is 4.98 Å². The number of hydrogen-bond donors (Lipinski definition) is 0. The van der Waals surface area contributed by atoms with Crippen LogP contribution in [0.1, 0.15) is 0 Å². The van der Waals surface area contributed by atoms with Crippen LogP contribution < -0.4 is 4.74 Å². The van der Waals surface area contributed by atoms with Gasteiger partial charge in [0.2, 0.25) is 0 Å². The van der Waals surface area contributed by atoms with Gasteiger partial charge in [0.15, 0.2) is 5.69 Å². The second-order valence-corrected chi connectivity index (χ2v) is 3.19. The fraction of sp³-hybridized carbons (Fsp3) is 0.0833. The van der Waals surface area contributed by atoms with Crippen molar-refractivity contribution < 1.29 is 4.74 Å². The van der Waals surface area contributed by atoms with E-state index in [1.165, 1.54) is 7.11 Å². The van der Waals surface area contributed by atoms with Gasteiger partial charge in [-0.15, -0.1) is 4.91 Å². The summed E-state index contributed by atoms with van der Waals surface area (Å²) in [5.74, 6) is 0.467. The third-order valence-electron chi connectivity index (χ3n) is 2.24. The summed E-state index contributed by atoms with van der Waals surface area (Å²) < 4.78 is 5.01. The topological polar surface area (TPSA) is 51.6 Å². The van der Waals surface area contributed by atoms with E-state index in [2.05, 4.69) is 10.2 Å². The molecule has 1 heterocycles. The van der Waals surface area contributed by atoms with Gasteiger partial charge in [0.1, 0.15) is 5.75 Å². The van der Waals surface area contributed by atoms with Gasteiger partial charge in [0.25, 0.3) is 0 Å². The minimum Gasteiger partial charge on any atom is -0.494 e. The first-order valence-electron chi connectivity index (χ1n) is 4.78. The number of benzene rings is 1. The molecule has 0 bridgehead atoms. The summed E-state index contributed by atoms with van der Waals surface area (Å²) in [7, 11) is 1.50. The summed E-state index contributed by atoms with van der Waals surface area (Å²) in [5.41, 5.74) is 1.93. The second-order valence-electron chi connectivity index (χ2n) is 3.19. The van der Waals surface area contributed by atoms with E-state index in [1.54, 1.807) is 18.3 Å². The molecule has 16 heavy (non-hydrogen) atoms. The molecule has 1 aromatic heterocycles. The Kier molecular flexibility index (Phi) is 2.91. The van der Waals surface area contributed by atoms with E-state index in [0.29, 0.717) is 5.75 Å².